The molecule has 3 rings (SSSR count). The number of rotatable bonds is 3. The van der Waals surface area contributed by atoms with Crippen LogP contribution in [0, 0.1) is 0 Å². The molecule has 0 aliphatic carbocycles. The second-order valence-electron chi connectivity index (χ2n) is 5.87. The lowest BCUT2D eigenvalue weighted by Crippen LogP contribution is -2.31. The molecule has 1 aromatic carbocycles. The molecular formula is C18H21N3O2. The molecule has 1 aromatic heterocycles. The number of hydrogen-bond acceptors (Lipinski definition) is 4. The summed E-state index contributed by atoms with van der Waals surface area (Å²) in [7, 11) is 5.19. The number of pyridine rings is 1. The van der Waals surface area contributed by atoms with E-state index in [2.05, 4.69) is 16.0 Å². The van der Waals surface area contributed by atoms with Crippen LogP contribution in [0.15, 0.2) is 36.5 Å². The normalized spacial score (nSPS) is 13.4. The van der Waals surface area contributed by atoms with Gasteiger partial charge < -0.3 is 14.5 Å². The van der Waals surface area contributed by atoms with E-state index in [0.717, 1.165) is 31.1 Å². The minimum Gasteiger partial charge on any atom is -0.496 e. The fourth-order valence-corrected chi connectivity index (χ4v) is 2.92. The first kappa shape index (κ1) is 15.3. The van der Waals surface area contributed by atoms with E-state index in [-0.39, 0.29) is 5.91 Å². The van der Waals surface area contributed by atoms with Gasteiger partial charge in [-0.1, -0.05) is 12.1 Å². The average molecular weight is 311 g/mol. The molecule has 0 saturated heterocycles. The number of carbonyl (C=O) groups excluding carboxylic acids is 1. The van der Waals surface area contributed by atoms with Crippen LogP contribution in [-0.2, 0) is 13.0 Å². The Morgan fingerprint density at radius 3 is 2.74 bits per heavy atom. The van der Waals surface area contributed by atoms with Crippen LogP contribution in [0.5, 0.6) is 5.75 Å². The summed E-state index contributed by atoms with van der Waals surface area (Å²) >= 11 is 0. The van der Waals surface area contributed by atoms with Gasteiger partial charge in [-0.15, -0.1) is 0 Å². The van der Waals surface area contributed by atoms with Gasteiger partial charge in [0, 0.05) is 38.9 Å². The highest BCUT2D eigenvalue weighted by atomic mass is 16.5. The van der Waals surface area contributed by atoms with Crippen LogP contribution in [0.25, 0.3) is 0 Å². The molecule has 0 radical (unpaired) electrons. The third kappa shape index (κ3) is 2.99. The first-order chi connectivity index (χ1) is 11.1. The van der Waals surface area contributed by atoms with Gasteiger partial charge in [0.25, 0.3) is 5.91 Å². The second-order valence-corrected chi connectivity index (χ2v) is 5.87. The largest absolute Gasteiger partial charge is 0.496 e. The molecule has 0 spiro atoms. The predicted molar refractivity (Wildman–Crippen MR) is 90.0 cm³/mol. The van der Waals surface area contributed by atoms with Crippen LogP contribution in [0.3, 0.4) is 0 Å². The highest BCUT2D eigenvalue weighted by Gasteiger charge is 2.20. The number of fused-ring (bicyclic) bond motifs is 1. The third-order valence-electron chi connectivity index (χ3n) is 4.17. The fourth-order valence-electron chi connectivity index (χ4n) is 2.92. The van der Waals surface area contributed by atoms with E-state index >= 15 is 0 Å². The maximum Gasteiger partial charge on any atom is 0.254 e. The molecule has 0 bridgehead atoms. The Bertz CT molecular complexity index is 711. The molecule has 120 valence electrons. The molecule has 23 heavy (non-hydrogen) atoms. The lowest BCUT2D eigenvalue weighted by Gasteiger charge is -2.30. The molecule has 1 aliphatic rings. The lowest BCUT2D eigenvalue weighted by atomic mass is 9.98. The Kier molecular flexibility index (Phi) is 4.19. The van der Waals surface area contributed by atoms with Gasteiger partial charge in [0.2, 0.25) is 0 Å². The summed E-state index contributed by atoms with van der Waals surface area (Å²) in [5.74, 6) is 1.83. The summed E-state index contributed by atoms with van der Waals surface area (Å²) in [5, 5.41) is 0. The van der Waals surface area contributed by atoms with Gasteiger partial charge in [-0.3, -0.25) is 4.79 Å². The van der Waals surface area contributed by atoms with E-state index < -0.39 is 0 Å². The first-order valence-electron chi connectivity index (χ1n) is 7.67. The topological polar surface area (TPSA) is 45.7 Å². The molecule has 2 heterocycles. The van der Waals surface area contributed by atoms with Crippen molar-refractivity contribution in [1.82, 2.24) is 9.88 Å². The highest BCUT2D eigenvalue weighted by molar-refractivity contribution is 5.93. The first-order valence-corrected chi connectivity index (χ1v) is 7.67. The van der Waals surface area contributed by atoms with Crippen molar-refractivity contribution in [2.45, 2.75) is 13.0 Å². The van der Waals surface area contributed by atoms with Crippen molar-refractivity contribution in [3.05, 3.63) is 53.2 Å². The van der Waals surface area contributed by atoms with E-state index in [9.17, 15) is 4.79 Å². The van der Waals surface area contributed by atoms with Gasteiger partial charge >= 0.3 is 0 Å². The molecule has 1 aliphatic heterocycles. The molecule has 1 amide bonds. The minimum absolute atomic E-state index is 0.0298. The number of aromatic nitrogens is 1. The van der Waals surface area contributed by atoms with Crippen molar-refractivity contribution in [3.8, 4) is 5.75 Å². The maximum absolute atomic E-state index is 11.9. The summed E-state index contributed by atoms with van der Waals surface area (Å²) in [4.78, 5) is 20.2. The molecule has 0 unspecified atom stereocenters. The number of benzene rings is 1. The summed E-state index contributed by atoms with van der Waals surface area (Å²) in [6, 6.07) is 9.92. The molecular weight excluding hydrogens is 290 g/mol. The van der Waals surface area contributed by atoms with Crippen LogP contribution in [0.4, 0.5) is 5.82 Å². The third-order valence-corrected chi connectivity index (χ3v) is 4.17. The predicted octanol–water partition coefficient (Wildman–Crippen LogP) is 2.35. The molecule has 0 fully saturated rings. The quantitative estimate of drug-likeness (QED) is 0.873. The van der Waals surface area contributed by atoms with Gasteiger partial charge in [-0.05, 0) is 30.2 Å². The van der Waals surface area contributed by atoms with Gasteiger partial charge in [0.05, 0.1) is 12.7 Å². The van der Waals surface area contributed by atoms with E-state index in [1.54, 1.807) is 32.3 Å². The summed E-state index contributed by atoms with van der Waals surface area (Å²) < 4.78 is 5.44. The Labute approximate surface area is 136 Å². The Hall–Kier alpha value is -2.56. The zero-order chi connectivity index (χ0) is 16.4. The average Bonchev–Trinajstić information content (AvgIpc) is 2.60. The van der Waals surface area contributed by atoms with Crippen molar-refractivity contribution < 1.29 is 9.53 Å². The van der Waals surface area contributed by atoms with E-state index in [1.807, 2.05) is 24.3 Å². The highest BCUT2D eigenvalue weighted by Crippen LogP contribution is 2.29. The van der Waals surface area contributed by atoms with E-state index in [4.69, 9.17) is 4.74 Å². The Balaban J connectivity index is 1.80. The number of amides is 1. The zero-order valence-corrected chi connectivity index (χ0v) is 13.7. The standard InChI is InChI=1S/C18H21N3O2/c1-20(2)18(22)13-7-8-17(19-11-13)21-10-9-15-14(12-21)5-4-6-16(15)23-3/h4-8,11H,9-10,12H2,1-3H3. The number of carbonyl (C=O) groups is 1. The van der Waals surface area contributed by atoms with Crippen LogP contribution >= 0.6 is 0 Å². The van der Waals surface area contributed by atoms with Crippen molar-refractivity contribution in [2.75, 3.05) is 32.6 Å². The van der Waals surface area contributed by atoms with Gasteiger partial charge in [-0.2, -0.15) is 0 Å². The summed E-state index contributed by atoms with van der Waals surface area (Å²) in [5.41, 5.74) is 3.16. The monoisotopic (exact) mass is 311 g/mol. The van der Waals surface area contributed by atoms with E-state index in [1.165, 1.54) is 11.1 Å². The van der Waals surface area contributed by atoms with Crippen LogP contribution in [-0.4, -0.2) is 43.5 Å². The zero-order valence-electron chi connectivity index (χ0n) is 13.7. The van der Waals surface area contributed by atoms with E-state index in [0.29, 0.717) is 5.56 Å². The minimum atomic E-state index is -0.0298. The van der Waals surface area contributed by atoms with Crippen molar-refractivity contribution >= 4 is 11.7 Å². The molecule has 5 nitrogen and oxygen atoms in total. The smallest absolute Gasteiger partial charge is 0.254 e. The molecule has 0 atom stereocenters. The van der Waals surface area contributed by atoms with Gasteiger partial charge in [-0.25, -0.2) is 4.98 Å². The summed E-state index contributed by atoms with van der Waals surface area (Å²) in [6.07, 6.45) is 2.58. The number of hydrogen-bond donors (Lipinski definition) is 0. The van der Waals surface area contributed by atoms with Crippen molar-refractivity contribution in [1.29, 1.82) is 0 Å². The van der Waals surface area contributed by atoms with Gasteiger partial charge in [0.1, 0.15) is 11.6 Å². The number of anilines is 1. The van der Waals surface area contributed by atoms with Gasteiger partial charge in [0.15, 0.2) is 0 Å². The van der Waals surface area contributed by atoms with Crippen LogP contribution in [0.2, 0.25) is 0 Å². The molecule has 5 heteroatoms. The van der Waals surface area contributed by atoms with Crippen molar-refractivity contribution in [3.63, 3.8) is 0 Å². The second kappa shape index (κ2) is 6.28. The number of ether oxygens (including phenoxy) is 1. The molecule has 0 N–H and O–H groups in total. The molecule has 2 aromatic rings. The van der Waals surface area contributed by atoms with Crippen LogP contribution in [0.1, 0.15) is 21.5 Å². The maximum atomic E-state index is 11.9. The SMILES string of the molecule is COc1cccc2c1CCN(c1ccc(C(=O)N(C)C)cn1)C2. The lowest BCUT2D eigenvalue weighted by molar-refractivity contribution is 0.0827. The summed E-state index contributed by atoms with van der Waals surface area (Å²) in [6.45, 7) is 1.70. The number of methoxy groups -OCH3 is 1. The fraction of sp³-hybridized carbons (Fsp3) is 0.333. The van der Waals surface area contributed by atoms with Crippen LogP contribution < -0.4 is 9.64 Å². The van der Waals surface area contributed by atoms with Crippen molar-refractivity contribution in [2.24, 2.45) is 0 Å². The Morgan fingerprint density at radius 2 is 2.09 bits per heavy atom. The Morgan fingerprint density at radius 1 is 1.26 bits per heavy atom. The number of nitrogens with zero attached hydrogens (tertiary/aromatic N) is 3. The molecule has 0 saturated carbocycles.